The van der Waals surface area contributed by atoms with Crippen molar-refractivity contribution in [3.05, 3.63) is 34.5 Å². The molecule has 0 aliphatic carbocycles. The SMILES string of the molecule is Cc1c(C(=O)N2CCC(N(C)C)CC2)sc2cccc(F)c12. The van der Waals surface area contributed by atoms with Crippen molar-refractivity contribution < 1.29 is 9.18 Å². The minimum Gasteiger partial charge on any atom is -0.338 e. The maximum Gasteiger partial charge on any atom is 0.264 e. The monoisotopic (exact) mass is 320 g/mol. The van der Waals surface area contributed by atoms with Gasteiger partial charge in [0.05, 0.1) is 4.88 Å². The van der Waals surface area contributed by atoms with Gasteiger partial charge in [0.15, 0.2) is 0 Å². The first-order valence-electron chi connectivity index (χ1n) is 7.62. The molecule has 0 bridgehead atoms. The molecule has 0 atom stereocenters. The summed E-state index contributed by atoms with van der Waals surface area (Å²) in [6.45, 7) is 3.40. The molecule has 5 heteroatoms. The number of piperidine rings is 1. The van der Waals surface area contributed by atoms with Gasteiger partial charge in [-0.25, -0.2) is 4.39 Å². The molecular formula is C17H21FN2OS. The van der Waals surface area contributed by atoms with Gasteiger partial charge in [0, 0.05) is 29.2 Å². The Kier molecular flexibility index (Phi) is 4.19. The van der Waals surface area contributed by atoms with Gasteiger partial charge in [0.2, 0.25) is 0 Å². The highest BCUT2D eigenvalue weighted by Crippen LogP contribution is 2.33. The van der Waals surface area contributed by atoms with Gasteiger partial charge in [-0.1, -0.05) is 6.07 Å². The van der Waals surface area contributed by atoms with Gasteiger partial charge in [-0.15, -0.1) is 11.3 Å². The van der Waals surface area contributed by atoms with E-state index in [1.54, 1.807) is 6.07 Å². The predicted octanol–water partition coefficient (Wildman–Crippen LogP) is 3.52. The second kappa shape index (κ2) is 5.97. The van der Waals surface area contributed by atoms with Gasteiger partial charge in [-0.05, 0) is 51.6 Å². The number of benzene rings is 1. The number of halogens is 1. The summed E-state index contributed by atoms with van der Waals surface area (Å²) in [5.74, 6) is -0.188. The van der Waals surface area contributed by atoms with Gasteiger partial charge in [-0.2, -0.15) is 0 Å². The Balaban J connectivity index is 1.84. The molecule has 1 amide bonds. The zero-order valence-electron chi connectivity index (χ0n) is 13.2. The summed E-state index contributed by atoms with van der Waals surface area (Å²) < 4.78 is 14.8. The molecule has 2 heterocycles. The second-order valence-corrected chi connectivity index (χ2v) is 7.21. The standard InChI is InChI=1S/C17H21FN2OS/c1-11-15-13(18)5-4-6-14(15)22-16(11)17(21)20-9-7-12(8-10-20)19(2)3/h4-6,12H,7-10H2,1-3H3. The molecule has 22 heavy (non-hydrogen) atoms. The third-order valence-corrected chi connectivity index (χ3v) is 5.82. The molecule has 1 fully saturated rings. The first-order chi connectivity index (χ1) is 10.5. The van der Waals surface area contributed by atoms with Crippen LogP contribution in [0, 0.1) is 12.7 Å². The third-order valence-electron chi connectivity index (χ3n) is 4.58. The summed E-state index contributed by atoms with van der Waals surface area (Å²) in [5, 5.41) is 0.596. The van der Waals surface area contributed by atoms with E-state index in [1.807, 2.05) is 17.9 Å². The Labute approximate surface area is 134 Å². The van der Waals surface area contributed by atoms with E-state index in [4.69, 9.17) is 0 Å². The van der Waals surface area contributed by atoms with E-state index in [-0.39, 0.29) is 11.7 Å². The van der Waals surface area contributed by atoms with Crippen molar-refractivity contribution in [1.82, 2.24) is 9.80 Å². The average Bonchev–Trinajstić information content (AvgIpc) is 2.85. The van der Waals surface area contributed by atoms with E-state index < -0.39 is 0 Å². The fraction of sp³-hybridized carbons (Fsp3) is 0.471. The minimum absolute atomic E-state index is 0.0512. The van der Waals surface area contributed by atoms with E-state index in [1.165, 1.54) is 17.4 Å². The van der Waals surface area contributed by atoms with Gasteiger partial charge < -0.3 is 9.80 Å². The molecule has 118 valence electrons. The number of hydrogen-bond donors (Lipinski definition) is 0. The number of hydrogen-bond acceptors (Lipinski definition) is 3. The molecular weight excluding hydrogens is 299 g/mol. The lowest BCUT2D eigenvalue weighted by atomic mass is 10.0. The molecule has 1 aromatic carbocycles. The Morgan fingerprint density at radius 1 is 1.32 bits per heavy atom. The molecule has 0 unspecified atom stereocenters. The van der Waals surface area contributed by atoms with Crippen LogP contribution in [-0.4, -0.2) is 48.9 Å². The van der Waals surface area contributed by atoms with E-state index >= 15 is 0 Å². The quantitative estimate of drug-likeness (QED) is 0.845. The third kappa shape index (κ3) is 2.63. The second-order valence-electron chi connectivity index (χ2n) is 6.16. The highest BCUT2D eigenvalue weighted by Gasteiger charge is 2.27. The summed E-state index contributed by atoms with van der Waals surface area (Å²) in [6, 6.07) is 5.58. The molecule has 0 N–H and O–H groups in total. The van der Waals surface area contributed by atoms with E-state index in [9.17, 15) is 9.18 Å². The van der Waals surface area contributed by atoms with Crippen molar-refractivity contribution in [2.24, 2.45) is 0 Å². The summed E-state index contributed by atoms with van der Waals surface area (Å²) in [5.41, 5.74) is 0.776. The lowest BCUT2D eigenvalue weighted by molar-refractivity contribution is 0.0667. The van der Waals surface area contributed by atoms with Gasteiger partial charge in [0.25, 0.3) is 5.91 Å². The number of carbonyl (C=O) groups excluding carboxylic acids is 1. The molecule has 3 rings (SSSR count). The lowest BCUT2D eigenvalue weighted by Gasteiger charge is -2.35. The van der Waals surface area contributed by atoms with Crippen LogP contribution < -0.4 is 0 Å². The van der Waals surface area contributed by atoms with Crippen LogP contribution in [-0.2, 0) is 0 Å². The van der Waals surface area contributed by atoms with Crippen LogP contribution in [0.3, 0.4) is 0 Å². The van der Waals surface area contributed by atoms with Crippen LogP contribution >= 0.6 is 11.3 Å². The average molecular weight is 320 g/mol. The van der Waals surface area contributed by atoms with Crippen LogP contribution in [0.25, 0.3) is 10.1 Å². The Bertz CT molecular complexity index is 702. The van der Waals surface area contributed by atoms with Crippen LogP contribution in [0.2, 0.25) is 0 Å². The molecule has 0 radical (unpaired) electrons. The zero-order valence-corrected chi connectivity index (χ0v) is 14.0. The molecule has 1 aliphatic rings. The first kappa shape index (κ1) is 15.4. The topological polar surface area (TPSA) is 23.6 Å². The van der Waals surface area contributed by atoms with Crippen molar-refractivity contribution in [3.63, 3.8) is 0 Å². The largest absolute Gasteiger partial charge is 0.338 e. The van der Waals surface area contributed by atoms with E-state index in [0.29, 0.717) is 16.3 Å². The van der Waals surface area contributed by atoms with Crippen molar-refractivity contribution in [3.8, 4) is 0 Å². The summed E-state index contributed by atoms with van der Waals surface area (Å²) in [6.07, 6.45) is 1.99. The van der Waals surface area contributed by atoms with Crippen molar-refractivity contribution in [2.45, 2.75) is 25.8 Å². The number of fused-ring (bicyclic) bond motifs is 1. The molecule has 0 spiro atoms. The number of carbonyl (C=O) groups is 1. The highest BCUT2D eigenvalue weighted by molar-refractivity contribution is 7.21. The summed E-state index contributed by atoms with van der Waals surface area (Å²) in [4.78, 5) is 17.6. The minimum atomic E-state index is -0.239. The molecule has 1 saturated heterocycles. The fourth-order valence-corrected chi connectivity index (χ4v) is 4.38. The van der Waals surface area contributed by atoms with E-state index in [2.05, 4.69) is 19.0 Å². The van der Waals surface area contributed by atoms with Crippen LogP contribution in [0.1, 0.15) is 28.1 Å². The number of amides is 1. The van der Waals surface area contributed by atoms with Gasteiger partial charge in [0.1, 0.15) is 5.82 Å². The summed E-state index contributed by atoms with van der Waals surface area (Å²) >= 11 is 1.41. The fourth-order valence-electron chi connectivity index (χ4n) is 3.19. The highest BCUT2D eigenvalue weighted by atomic mass is 32.1. The van der Waals surface area contributed by atoms with Crippen LogP contribution in [0.5, 0.6) is 0 Å². The van der Waals surface area contributed by atoms with Crippen molar-refractivity contribution >= 4 is 27.3 Å². The van der Waals surface area contributed by atoms with Crippen LogP contribution in [0.4, 0.5) is 4.39 Å². The van der Waals surface area contributed by atoms with Crippen molar-refractivity contribution in [2.75, 3.05) is 27.2 Å². The molecule has 0 saturated carbocycles. The number of thiophene rings is 1. The molecule has 1 aromatic heterocycles. The Morgan fingerprint density at radius 2 is 2.00 bits per heavy atom. The zero-order chi connectivity index (χ0) is 15.9. The number of aryl methyl sites for hydroxylation is 1. The maximum atomic E-state index is 14.0. The Hall–Kier alpha value is -1.46. The maximum absolute atomic E-state index is 14.0. The van der Waals surface area contributed by atoms with Crippen molar-refractivity contribution in [1.29, 1.82) is 0 Å². The number of rotatable bonds is 2. The first-order valence-corrected chi connectivity index (χ1v) is 8.44. The van der Waals surface area contributed by atoms with E-state index in [0.717, 1.165) is 36.2 Å². The predicted molar refractivity (Wildman–Crippen MR) is 89.1 cm³/mol. The van der Waals surface area contributed by atoms with Gasteiger partial charge in [-0.3, -0.25) is 4.79 Å². The lowest BCUT2D eigenvalue weighted by Crippen LogP contribution is -2.44. The summed E-state index contributed by atoms with van der Waals surface area (Å²) in [7, 11) is 4.17. The number of likely N-dealkylation sites (tertiary alicyclic amines) is 1. The normalized spacial score (nSPS) is 16.7. The van der Waals surface area contributed by atoms with Gasteiger partial charge >= 0.3 is 0 Å². The molecule has 2 aromatic rings. The van der Waals surface area contributed by atoms with Crippen LogP contribution in [0.15, 0.2) is 18.2 Å². The smallest absolute Gasteiger partial charge is 0.264 e. The molecule has 3 nitrogen and oxygen atoms in total. The Morgan fingerprint density at radius 3 is 2.59 bits per heavy atom. The number of nitrogens with zero attached hydrogens (tertiary/aromatic N) is 2. The molecule has 1 aliphatic heterocycles.